The van der Waals surface area contributed by atoms with E-state index in [0.29, 0.717) is 37.4 Å². The van der Waals surface area contributed by atoms with Gasteiger partial charge in [0.15, 0.2) is 6.29 Å². The fraction of sp³-hybridized carbons (Fsp3) is 0.611. The molecule has 1 amide bonds. The Kier molecular flexibility index (Phi) is 6.29. The lowest BCUT2D eigenvalue weighted by atomic mass is 9.98. The highest BCUT2D eigenvalue weighted by Crippen LogP contribution is 2.24. The van der Waals surface area contributed by atoms with Crippen molar-refractivity contribution < 1.29 is 22.8 Å². The summed E-state index contributed by atoms with van der Waals surface area (Å²) >= 11 is 0. The van der Waals surface area contributed by atoms with Crippen LogP contribution in [0.5, 0.6) is 0 Å². The molecule has 0 aromatic heterocycles. The molecule has 1 atom stereocenters. The Morgan fingerprint density at radius 1 is 1.15 bits per heavy atom. The Hall–Kier alpha value is -1.48. The standard InChI is InChI=1S/C18H26N2O5S/c1-14-5-7-16(8-6-14)26(22,23)20-11-9-15(10-12-20)18(21)19-25-17-4-2-3-13-24-17/h5-8,15,17H,2-4,9-13H2,1H3,(H,19,21). The third kappa shape index (κ3) is 4.62. The largest absolute Gasteiger partial charge is 0.350 e. The van der Waals surface area contributed by atoms with Gasteiger partial charge in [0, 0.05) is 32.0 Å². The van der Waals surface area contributed by atoms with E-state index in [0.717, 1.165) is 24.8 Å². The lowest BCUT2D eigenvalue weighted by molar-refractivity contribution is -0.202. The van der Waals surface area contributed by atoms with E-state index < -0.39 is 10.0 Å². The quantitative estimate of drug-likeness (QED) is 0.787. The second-order valence-electron chi connectivity index (χ2n) is 6.87. The third-order valence-electron chi connectivity index (χ3n) is 4.91. The van der Waals surface area contributed by atoms with E-state index in [1.165, 1.54) is 4.31 Å². The Morgan fingerprint density at radius 2 is 1.85 bits per heavy atom. The summed E-state index contributed by atoms with van der Waals surface area (Å²) in [6.45, 7) is 3.22. The average Bonchev–Trinajstić information content (AvgIpc) is 2.67. The molecule has 2 saturated heterocycles. The number of ether oxygens (including phenoxy) is 1. The van der Waals surface area contributed by atoms with Crippen LogP contribution in [-0.2, 0) is 24.4 Å². The van der Waals surface area contributed by atoms with Gasteiger partial charge in [-0.25, -0.2) is 18.7 Å². The number of carbonyl (C=O) groups excluding carboxylic acids is 1. The van der Waals surface area contributed by atoms with Gasteiger partial charge in [0.25, 0.3) is 0 Å². The average molecular weight is 382 g/mol. The minimum absolute atomic E-state index is 0.202. The van der Waals surface area contributed by atoms with Gasteiger partial charge in [-0.15, -0.1) is 0 Å². The monoisotopic (exact) mass is 382 g/mol. The van der Waals surface area contributed by atoms with Gasteiger partial charge in [0.1, 0.15) is 0 Å². The van der Waals surface area contributed by atoms with Gasteiger partial charge in [-0.2, -0.15) is 4.31 Å². The Labute approximate surface area is 154 Å². The number of benzene rings is 1. The van der Waals surface area contributed by atoms with Crippen LogP contribution in [0.1, 0.15) is 37.7 Å². The minimum atomic E-state index is -3.51. The van der Waals surface area contributed by atoms with Gasteiger partial charge >= 0.3 is 0 Å². The topological polar surface area (TPSA) is 84.9 Å². The number of nitrogens with zero attached hydrogens (tertiary/aromatic N) is 1. The first-order chi connectivity index (χ1) is 12.5. The molecule has 1 unspecified atom stereocenters. The fourth-order valence-corrected chi connectivity index (χ4v) is 4.70. The van der Waals surface area contributed by atoms with Gasteiger partial charge in [-0.3, -0.25) is 4.79 Å². The number of nitrogens with one attached hydrogen (secondary N) is 1. The number of amides is 1. The van der Waals surface area contributed by atoms with Crippen LogP contribution in [0.15, 0.2) is 29.2 Å². The summed E-state index contributed by atoms with van der Waals surface area (Å²) in [7, 11) is -3.51. The molecule has 0 radical (unpaired) electrons. The third-order valence-corrected chi connectivity index (χ3v) is 6.83. The lowest BCUT2D eigenvalue weighted by Crippen LogP contribution is -2.44. The van der Waals surface area contributed by atoms with Crippen LogP contribution in [0.4, 0.5) is 0 Å². The van der Waals surface area contributed by atoms with Crippen LogP contribution in [-0.4, -0.2) is 44.6 Å². The summed E-state index contributed by atoms with van der Waals surface area (Å²) < 4.78 is 32.2. The Bertz CT molecular complexity index is 706. The number of piperidine rings is 1. The van der Waals surface area contributed by atoms with Crippen LogP contribution in [0.25, 0.3) is 0 Å². The summed E-state index contributed by atoms with van der Waals surface area (Å²) in [5.41, 5.74) is 3.50. The van der Waals surface area contributed by atoms with Crippen molar-refractivity contribution in [1.29, 1.82) is 0 Å². The van der Waals surface area contributed by atoms with E-state index in [4.69, 9.17) is 9.57 Å². The van der Waals surface area contributed by atoms with Crippen molar-refractivity contribution in [3.63, 3.8) is 0 Å². The molecular formula is C18H26N2O5S. The zero-order valence-corrected chi connectivity index (χ0v) is 15.8. The van der Waals surface area contributed by atoms with Gasteiger partial charge in [-0.05, 0) is 44.7 Å². The van der Waals surface area contributed by atoms with Crippen molar-refractivity contribution in [3.05, 3.63) is 29.8 Å². The van der Waals surface area contributed by atoms with Gasteiger partial charge in [0.2, 0.25) is 15.9 Å². The molecule has 0 saturated carbocycles. The first-order valence-corrected chi connectivity index (χ1v) is 10.5. The number of hydroxylamine groups is 1. The molecule has 3 rings (SSSR count). The number of rotatable bonds is 5. The van der Waals surface area contributed by atoms with E-state index in [9.17, 15) is 13.2 Å². The van der Waals surface area contributed by atoms with Crippen molar-refractivity contribution in [2.45, 2.75) is 50.2 Å². The molecule has 144 valence electrons. The SMILES string of the molecule is Cc1ccc(S(=O)(=O)N2CCC(C(=O)NOC3CCCCO3)CC2)cc1. The molecule has 0 spiro atoms. The fourth-order valence-electron chi connectivity index (χ4n) is 3.23. The molecule has 2 fully saturated rings. The molecule has 1 aromatic rings. The molecule has 2 aliphatic heterocycles. The summed E-state index contributed by atoms with van der Waals surface area (Å²) in [5, 5.41) is 0. The normalized spacial score (nSPS) is 22.9. The van der Waals surface area contributed by atoms with Crippen molar-refractivity contribution in [1.82, 2.24) is 9.79 Å². The Morgan fingerprint density at radius 3 is 2.46 bits per heavy atom. The lowest BCUT2D eigenvalue weighted by Gasteiger charge is -2.31. The summed E-state index contributed by atoms with van der Waals surface area (Å²) in [5.74, 6) is -0.449. The van der Waals surface area contributed by atoms with E-state index in [1.54, 1.807) is 24.3 Å². The zero-order valence-electron chi connectivity index (χ0n) is 15.0. The van der Waals surface area contributed by atoms with Crippen LogP contribution < -0.4 is 5.48 Å². The first kappa shape index (κ1) is 19.3. The number of hydrogen-bond acceptors (Lipinski definition) is 5. The maximum atomic E-state index is 12.7. The molecule has 26 heavy (non-hydrogen) atoms. The maximum absolute atomic E-state index is 12.7. The van der Waals surface area contributed by atoms with Crippen molar-refractivity contribution in [2.24, 2.45) is 5.92 Å². The number of hydrogen-bond donors (Lipinski definition) is 1. The molecule has 1 N–H and O–H groups in total. The second kappa shape index (κ2) is 8.47. The van der Waals surface area contributed by atoms with E-state index in [2.05, 4.69) is 5.48 Å². The smallest absolute Gasteiger partial charge is 0.246 e. The van der Waals surface area contributed by atoms with Crippen molar-refractivity contribution in [2.75, 3.05) is 19.7 Å². The predicted octanol–water partition coefficient (Wildman–Crippen LogP) is 1.97. The van der Waals surface area contributed by atoms with Gasteiger partial charge < -0.3 is 4.74 Å². The summed E-state index contributed by atoms with van der Waals surface area (Å²) in [6, 6.07) is 6.83. The summed E-state index contributed by atoms with van der Waals surface area (Å²) in [4.78, 5) is 17.9. The van der Waals surface area contributed by atoms with Crippen LogP contribution in [0.3, 0.4) is 0 Å². The van der Waals surface area contributed by atoms with Gasteiger partial charge in [0.05, 0.1) is 4.90 Å². The van der Waals surface area contributed by atoms with Crippen molar-refractivity contribution in [3.8, 4) is 0 Å². The van der Waals surface area contributed by atoms with E-state index in [-0.39, 0.29) is 18.1 Å². The molecule has 0 bridgehead atoms. The molecular weight excluding hydrogens is 356 g/mol. The highest BCUT2D eigenvalue weighted by molar-refractivity contribution is 7.89. The van der Waals surface area contributed by atoms with Crippen LogP contribution in [0.2, 0.25) is 0 Å². The highest BCUT2D eigenvalue weighted by Gasteiger charge is 2.32. The maximum Gasteiger partial charge on any atom is 0.246 e. The summed E-state index contributed by atoms with van der Waals surface area (Å²) in [6.07, 6.45) is 3.39. The zero-order chi connectivity index (χ0) is 18.6. The second-order valence-corrected chi connectivity index (χ2v) is 8.81. The number of sulfonamides is 1. The van der Waals surface area contributed by atoms with Crippen LogP contribution in [0, 0.1) is 12.8 Å². The highest BCUT2D eigenvalue weighted by atomic mass is 32.2. The molecule has 7 nitrogen and oxygen atoms in total. The Balaban J connectivity index is 1.50. The molecule has 2 aliphatic rings. The molecule has 8 heteroatoms. The van der Waals surface area contributed by atoms with Crippen molar-refractivity contribution >= 4 is 15.9 Å². The van der Waals surface area contributed by atoms with E-state index >= 15 is 0 Å². The number of carbonyl (C=O) groups is 1. The molecule has 0 aliphatic carbocycles. The molecule has 2 heterocycles. The predicted molar refractivity (Wildman–Crippen MR) is 95.5 cm³/mol. The number of aryl methyl sites for hydroxylation is 1. The van der Waals surface area contributed by atoms with E-state index in [1.807, 2.05) is 6.92 Å². The first-order valence-electron chi connectivity index (χ1n) is 9.11. The minimum Gasteiger partial charge on any atom is -0.350 e. The van der Waals surface area contributed by atoms with Crippen LogP contribution >= 0.6 is 0 Å². The van der Waals surface area contributed by atoms with Gasteiger partial charge in [-0.1, -0.05) is 17.7 Å². The molecule has 1 aromatic carbocycles.